The van der Waals surface area contributed by atoms with Crippen LogP contribution in [0.3, 0.4) is 0 Å². The highest BCUT2D eigenvalue weighted by Gasteiger charge is 2.05. The molecule has 2 aromatic rings. The van der Waals surface area contributed by atoms with Gasteiger partial charge in [-0.05, 0) is 55.2 Å². The van der Waals surface area contributed by atoms with Crippen molar-refractivity contribution in [3.8, 4) is 5.75 Å². The maximum Gasteiger partial charge on any atom is 0.120 e. The number of hydrogen-bond acceptors (Lipinski definition) is 2. The lowest BCUT2D eigenvalue weighted by molar-refractivity contribution is 0.304. The molecule has 2 rings (SSSR count). The summed E-state index contributed by atoms with van der Waals surface area (Å²) in [7, 11) is 0. The molecule has 0 amide bonds. The quantitative estimate of drug-likeness (QED) is 0.899. The third-order valence-corrected chi connectivity index (χ3v) is 3.41. The van der Waals surface area contributed by atoms with E-state index in [-0.39, 0.29) is 6.04 Å². The molecule has 100 valence electrons. The smallest absolute Gasteiger partial charge is 0.120 e. The Bertz CT molecular complexity index is 541. The second-order valence-electron chi connectivity index (χ2n) is 5.02. The molecule has 0 saturated heterocycles. The first-order chi connectivity index (χ1) is 9.08. The Kier molecular flexibility index (Phi) is 4.23. The van der Waals surface area contributed by atoms with Gasteiger partial charge < -0.3 is 10.5 Å². The van der Waals surface area contributed by atoms with E-state index in [0.717, 1.165) is 11.3 Å². The van der Waals surface area contributed by atoms with Crippen LogP contribution in [0.25, 0.3) is 0 Å². The fourth-order valence-corrected chi connectivity index (χ4v) is 2.12. The van der Waals surface area contributed by atoms with Crippen LogP contribution in [0.15, 0.2) is 42.5 Å². The molecule has 0 aliphatic rings. The molecule has 1 atom stereocenters. The van der Waals surface area contributed by atoms with Crippen molar-refractivity contribution in [3.05, 3.63) is 64.7 Å². The molecule has 0 heterocycles. The van der Waals surface area contributed by atoms with Crippen LogP contribution in [0.1, 0.15) is 35.2 Å². The zero-order chi connectivity index (χ0) is 13.8. The summed E-state index contributed by atoms with van der Waals surface area (Å²) < 4.78 is 5.89. The Balaban J connectivity index is 2.12. The van der Waals surface area contributed by atoms with Crippen LogP contribution in [0.5, 0.6) is 5.75 Å². The third-order valence-electron chi connectivity index (χ3n) is 3.41. The van der Waals surface area contributed by atoms with E-state index in [1.807, 2.05) is 31.2 Å². The number of aryl methyl sites for hydroxylation is 2. The van der Waals surface area contributed by atoms with Gasteiger partial charge in [-0.1, -0.05) is 30.3 Å². The average Bonchev–Trinajstić information content (AvgIpc) is 2.38. The Morgan fingerprint density at radius 1 is 1.05 bits per heavy atom. The predicted molar refractivity (Wildman–Crippen MR) is 79.3 cm³/mol. The molecule has 0 spiro atoms. The fourth-order valence-electron chi connectivity index (χ4n) is 2.12. The SMILES string of the molecule is Cc1cccc(C)c1COc1cccc([C@@H](C)N)c1. The lowest BCUT2D eigenvalue weighted by Crippen LogP contribution is -2.05. The molecule has 0 bridgehead atoms. The molecule has 2 N–H and O–H groups in total. The zero-order valence-electron chi connectivity index (χ0n) is 11.8. The van der Waals surface area contributed by atoms with Gasteiger partial charge in [0.25, 0.3) is 0 Å². The Morgan fingerprint density at radius 3 is 2.32 bits per heavy atom. The minimum atomic E-state index is 0.0312. The van der Waals surface area contributed by atoms with E-state index in [4.69, 9.17) is 10.5 Å². The first-order valence-corrected chi connectivity index (χ1v) is 6.61. The summed E-state index contributed by atoms with van der Waals surface area (Å²) in [5.41, 5.74) is 10.8. The molecule has 0 unspecified atom stereocenters. The van der Waals surface area contributed by atoms with Crippen LogP contribution in [-0.2, 0) is 6.61 Å². The lowest BCUT2D eigenvalue weighted by atomic mass is 10.0. The van der Waals surface area contributed by atoms with Gasteiger partial charge in [0.15, 0.2) is 0 Å². The molecule has 0 fully saturated rings. The van der Waals surface area contributed by atoms with Crippen LogP contribution < -0.4 is 10.5 Å². The van der Waals surface area contributed by atoms with Crippen molar-refractivity contribution in [2.45, 2.75) is 33.4 Å². The Hall–Kier alpha value is -1.80. The van der Waals surface area contributed by atoms with Gasteiger partial charge in [0.1, 0.15) is 12.4 Å². The highest BCUT2D eigenvalue weighted by molar-refractivity contribution is 5.34. The molecule has 19 heavy (non-hydrogen) atoms. The molecule has 2 aromatic carbocycles. The van der Waals surface area contributed by atoms with Crippen LogP contribution in [0, 0.1) is 13.8 Å². The standard InChI is InChI=1S/C17H21NO/c1-12-6-4-7-13(2)17(12)11-19-16-9-5-8-15(10-16)14(3)18/h4-10,14H,11,18H2,1-3H3/t14-/m1/s1. The van der Waals surface area contributed by atoms with Gasteiger partial charge in [0.05, 0.1) is 0 Å². The van der Waals surface area contributed by atoms with Gasteiger partial charge in [-0.2, -0.15) is 0 Å². The molecule has 0 aliphatic heterocycles. The number of nitrogens with two attached hydrogens (primary N) is 1. The maximum atomic E-state index is 5.89. The van der Waals surface area contributed by atoms with Gasteiger partial charge in [-0.25, -0.2) is 0 Å². The number of hydrogen-bond donors (Lipinski definition) is 1. The Morgan fingerprint density at radius 2 is 1.68 bits per heavy atom. The van der Waals surface area contributed by atoms with Gasteiger partial charge in [0.2, 0.25) is 0 Å². The largest absolute Gasteiger partial charge is 0.489 e. The van der Waals surface area contributed by atoms with Crippen molar-refractivity contribution in [1.82, 2.24) is 0 Å². The molecular formula is C17H21NO. The summed E-state index contributed by atoms with van der Waals surface area (Å²) in [5.74, 6) is 0.873. The number of ether oxygens (including phenoxy) is 1. The van der Waals surface area contributed by atoms with E-state index >= 15 is 0 Å². The molecule has 0 aromatic heterocycles. The van der Waals surface area contributed by atoms with Crippen molar-refractivity contribution in [3.63, 3.8) is 0 Å². The van der Waals surface area contributed by atoms with Crippen LogP contribution in [0.4, 0.5) is 0 Å². The monoisotopic (exact) mass is 255 g/mol. The minimum absolute atomic E-state index is 0.0312. The maximum absolute atomic E-state index is 5.89. The van der Waals surface area contributed by atoms with Gasteiger partial charge >= 0.3 is 0 Å². The van der Waals surface area contributed by atoms with E-state index in [0.29, 0.717) is 6.61 Å². The van der Waals surface area contributed by atoms with E-state index in [1.165, 1.54) is 16.7 Å². The molecule has 0 radical (unpaired) electrons. The zero-order valence-corrected chi connectivity index (χ0v) is 11.8. The highest BCUT2D eigenvalue weighted by Crippen LogP contribution is 2.20. The summed E-state index contributed by atoms with van der Waals surface area (Å²) in [4.78, 5) is 0. The molecule has 0 saturated carbocycles. The topological polar surface area (TPSA) is 35.2 Å². The average molecular weight is 255 g/mol. The van der Waals surface area contributed by atoms with E-state index in [2.05, 4.69) is 32.0 Å². The van der Waals surface area contributed by atoms with Crippen molar-refractivity contribution >= 4 is 0 Å². The number of benzene rings is 2. The number of rotatable bonds is 4. The summed E-state index contributed by atoms with van der Waals surface area (Å²) in [6, 6.07) is 14.3. The van der Waals surface area contributed by atoms with Crippen LogP contribution >= 0.6 is 0 Å². The summed E-state index contributed by atoms with van der Waals surface area (Å²) >= 11 is 0. The molecule has 0 aliphatic carbocycles. The van der Waals surface area contributed by atoms with Crippen molar-refractivity contribution in [2.24, 2.45) is 5.73 Å². The van der Waals surface area contributed by atoms with Gasteiger partial charge in [0, 0.05) is 6.04 Å². The molecule has 2 nitrogen and oxygen atoms in total. The van der Waals surface area contributed by atoms with E-state index < -0.39 is 0 Å². The summed E-state index contributed by atoms with van der Waals surface area (Å²) in [5, 5.41) is 0. The van der Waals surface area contributed by atoms with Crippen LogP contribution in [-0.4, -0.2) is 0 Å². The fraction of sp³-hybridized carbons (Fsp3) is 0.294. The first kappa shape index (κ1) is 13.6. The second kappa shape index (κ2) is 5.89. The second-order valence-corrected chi connectivity index (χ2v) is 5.02. The minimum Gasteiger partial charge on any atom is -0.489 e. The summed E-state index contributed by atoms with van der Waals surface area (Å²) in [6.45, 7) is 6.81. The highest BCUT2D eigenvalue weighted by atomic mass is 16.5. The van der Waals surface area contributed by atoms with Crippen molar-refractivity contribution < 1.29 is 4.74 Å². The predicted octanol–water partition coefficient (Wildman–Crippen LogP) is 3.90. The van der Waals surface area contributed by atoms with E-state index in [1.54, 1.807) is 0 Å². The first-order valence-electron chi connectivity index (χ1n) is 6.61. The normalized spacial score (nSPS) is 12.2. The van der Waals surface area contributed by atoms with Crippen LogP contribution in [0.2, 0.25) is 0 Å². The third kappa shape index (κ3) is 3.36. The van der Waals surface area contributed by atoms with Crippen molar-refractivity contribution in [2.75, 3.05) is 0 Å². The lowest BCUT2D eigenvalue weighted by Gasteiger charge is -2.13. The van der Waals surface area contributed by atoms with E-state index in [9.17, 15) is 0 Å². The van der Waals surface area contributed by atoms with Crippen molar-refractivity contribution in [1.29, 1.82) is 0 Å². The molecule has 2 heteroatoms. The van der Waals surface area contributed by atoms with Gasteiger partial charge in [-0.3, -0.25) is 0 Å². The summed E-state index contributed by atoms with van der Waals surface area (Å²) in [6.07, 6.45) is 0. The van der Waals surface area contributed by atoms with Gasteiger partial charge in [-0.15, -0.1) is 0 Å². The molecular weight excluding hydrogens is 234 g/mol. The Labute approximate surface area is 115 Å².